The molecule has 0 spiro atoms. The zero-order chi connectivity index (χ0) is 27.4. The number of carbonyl (C=O) groups excluding carboxylic acids is 2. The molecule has 2 saturated carbocycles. The minimum absolute atomic E-state index is 0.0336. The zero-order valence-corrected chi connectivity index (χ0v) is 24.1. The van der Waals surface area contributed by atoms with Gasteiger partial charge in [-0.25, -0.2) is 9.37 Å². The number of carbonyl (C=O) groups is 2. The van der Waals surface area contributed by atoms with Gasteiger partial charge < -0.3 is 24.8 Å². The van der Waals surface area contributed by atoms with Crippen molar-refractivity contribution in [2.75, 3.05) is 32.2 Å². The molecular weight excluding hydrogens is 521 g/mol. The van der Waals surface area contributed by atoms with Crippen molar-refractivity contribution >= 4 is 28.3 Å². The van der Waals surface area contributed by atoms with Crippen molar-refractivity contribution in [2.24, 2.45) is 29.6 Å². The normalized spacial score (nSPS) is 38.9. The average Bonchev–Trinajstić information content (AvgIpc) is 3.45. The Morgan fingerprint density at radius 1 is 1.21 bits per heavy atom. The summed E-state index contributed by atoms with van der Waals surface area (Å²) in [6, 6.07) is 0. The van der Waals surface area contributed by atoms with Crippen LogP contribution >= 0.6 is 11.3 Å². The van der Waals surface area contributed by atoms with Crippen molar-refractivity contribution in [2.45, 2.75) is 95.1 Å². The Hall–Kier alpha value is -1.62. The highest BCUT2D eigenvalue weighted by Gasteiger charge is 2.52. The maximum atomic E-state index is 14.8. The van der Waals surface area contributed by atoms with Crippen LogP contribution in [-0.4, -0.2) is 67.6 Å². The summed E-state index contributed by atoms with van der Waals surface area (Å²) in [5.74, 6) is -0.111. The van der Waals surface area contributed by atoms with Crippen molar-refractivity contribution in [3.8, 4) is 0 Å². The summed E-state index contributed by atoms with van der Waals surface area (Å²) >= 11 is 1.42. The Labute approximate surface area is 235 Å². The van der Waals surface area contributed by atoms with Crippen molar-refractivity contribution in [1.29, 1.82) is 0 Å². The highest BCUT2D eigenvalue weighted by Crippen LogP contribution is 2.51. The minimum Gasteiger partial charge on any atom is -0.469 e. The summed E-state index contributed by atoms with van der Waals surface area (Å²) < 4.78 is 32.4. The molecule has 2 aliphatic heterocycles. The molecule has 5 rings (SSSR count). The van der Waals surface area contributed by atoms with Crippen LogP contribution in [0.2, 0.25) is 0 Å². The molecule has 10 heteroatoms. The van der Waals surface area contributed by atoms with Gasteiger partial charge in [0.05, 0.1) is 31.8 Å². The Kier molecular flexibility index (Phi) is 9.57. The first kappa shape index (κ1) is 28.9. The average molecular weight is 566 g/mol. The molecule has 0 aromatic carbocycles. The lowest BCUT2D eigenvalue weighted by atomic mass is 9.57. The molecule has 8 nitrogen and oxygen atoms in total. The van der Waals surface area contributed by atoms with E-state index in [9.17, 15) is 14.0 Å². The van der Waals surface area contributed by atoms with E-state index in [0.717, 1.165) is 51.7 Å². The first-order valence-electron chi connectivity index (χ1n) is 14.8. The smallest absolute Gasteiger partial charge is 0.311 e. The number of nitrogens with zero attached hydrogens (tertiary/aromatic N) is 1. The third-order valence-electron chi connectivity index (χ3n) is 9.86. The van der Waals surface area contributed by atoms with Gasteiger partial charge >= 0.3 is 5.97 Å². The predicted octanol–water partition coefficient (Wildman–Crippen LogP) is 4.75. The van der Waals surface area contributed by atoms with Gasteiger partial charge in [-0.15, -0.1) is 11.3 Å². The number of hydrogen-bond donors (Lipinski definition) is 2. The number of nitrogens with one attached hydrogen (secondary N) is 2. The molecule has 2 aliphatic carbocycles. The number of anilines is 1. The standard InChI is InChI=1S/C29H44FN3O5S/c1-29(16-26(34)33-28-31-10-12-39-28)23-15-21(18-6-7-24(30)22(13-18)27(35)36-2)25(14-19(23)8-9-32-29)38-17-20-5-3-4-11-37-20/h10,12,18-25,32H,3-9,11,13-17H2,1-2H3,(H,31,33,34). The number of ether oxygens (including phenoxy) is 3. The molecule has 0 bridgehead atoms. The molecule has 1 aromatic heterocycles. The molecule has 1 amide bonds. The first-order valence-corrected chi connectivity index (χ1v) is 15.6. The highest BCUT2D eigenvalue weighted by molar-refractivity contribution is 7.13. The monoisotopic (exact) mass is 565 g/mol. The number of hydrogen-bond acceptors (Lipinski definition) is 8. The summed E-state index contributed by atoms with van der Waals surface area (Å²) in [4.78, 5) is 29.7. The SMILES string of the molecule is COC(=O)C1CC(C2CC3C(CCNC3(C)CC(=O)Nc3nccs3)CC2OCC2CCCCO2)CCC1F. The number of fused-ring (bicyclic) bond motifs is 1. The van der Waals surface area contributed by atoms with Crippen LogP contribution in [0.4, 0.5) is 9.52 Å². The summed E-state index contributed by atoms with van der Waals surface area (Å²) in [7, 11) is 1.34. The molecule has 1 aromatic rings. The van der Waals surface area contributed by atoms with Crippen molar-refractivity contribution in [3.63, 3.8) is 0 Å². The number of thiazole rings is 1. The molecule has 2 N–H and O–H groups in total. The number of piperidine rings is 1. The van der Waals surface area contributed by atoms with E-state index >= 15 is 0 Å². The van der Waals surface area contributed by atoms with E-state index in [1.54, 1.807) is 6.20 Å². The van der Waals surface area contributed by atoms with Crippen molar-refractivity contribution in [3.05, 3.63) is 11.6 Å². The van der Waals surface area contributed by atoms with E-state index in [1.807, 2.05) is 5.38 Å². The molecule has 9 unspecified atom stereocenters. The molecule has 3 heterocycles. The fourth-order valence-electron chi connectivity index (χ4n) is 7.83. The van der Waals surface area contributed by atoms with Gasteiger partial charge in [0.1, 0.15) is 6.17 Å². The van der Waals surface area contributed by atoms with Crippen LogP contribution in [-0.2, 0) is 23.8 Å². The number of amides is 1. The van der Waals surface area contributed by atoms with Crippen LogP contribution in [0.3, 0.4) is 0 Å². The van der Waals surface area contributed by atoms with Gasteiger partial charge in [0.25, 0.3) is 0 Å². The van der Waals surface area contributed by atoms with Gasteiger partial charge in [-0.2, -0.15) is 0 Å². The largest absolute Gasteiger partial charge is 0.469 e. The highest BCUT2D eigenvalue weighted by atomic mass is 32.1. The van der Waals surface area contributed by atoms with Crippen LogP contribution in [0.1, 0.15) is 71.1 Å². The van der Waals surface area contributed by atoms with Gasteiger partial charge in [-0.1, -0.05) is 0 Å². The van der Waals surface area contributed by atoms with Gasteiger partial charge in [0, 0.05) is 30.1 Å². The van der Waals surface area contributed by atoms with Crippen molar-refractivity contribution in [1.82, 2.24) is 10.3 Å². The van der Waals surface area contributed by atoms with Crippen LogP contribution in [0.15, 0.2) is 11.6 Å². The first-order chi connectivity index (χ1) is 18.9. The maximum absolute atomic E-state index is 14.8. The van der Waals surface area contributed by atoms with Gasteiger partial charge in [-0.3, -0.25) is 9.59 Å². The van der Waals surface area contributed by atoms with E-state index in [0.29, 0.717) is 36.9 Å². The number of alkyl halides is 1. The summed E-state index contributed by atoms with van der Waals surface area (Å²) in [5, 5.41) is 9.12. The maximum Gasteiger partial charge on any atom is 0.311 e. The molecule has 0 radical (unpaired) electrons. The minimum atomic E-state index is -1.16. The van der Waals surface area contributed by atoms with Crippen molar-refractivity contribution < 1.29 is 28.2 Å². The molecule has 4 fully saturated rings. The number of aromatic nitrogens is 1. The molecular formula is C29H44FN3O5S. The van der Waals surface area contributed by atoms with E-state index in [2.05, 4.69) is 22.5 Å². The lowest BCUT2D eigenvalue weighted by Crippen LogP contribution is -2.61. The van der Waals surface area contributed by atoms with Crippen LogP contribution in [0, 0.1) is 29.6 Å². The number of esters is 1. The lowest BCUT2D eigenvalue weighted by Gasteiger charge is -2.54. The van der Waals surface area contributed by atoms with Gasteiger partial charge in [0.2, 0.25) is 5.91 Å². The zero-order valence-electron chi connectivity index (χ0n) is 23.2. The summed E-state index contributed by atoms with van der Waals surface area (Å²) in [5.41, 5.74) is -0.362. The van der Waals surface area contributed by atoms with E-state index in [1.165, 1.54) is 24.9 Å². The van der Waals surface area contributed by atoms with Crippen LogP contribution in [0.5, 0.6) is 0 Å². The summed E-state index contributed by atoms with van der Waals surface area (Å²) in [6.45, 7) is 4.42. The number of rotatable bonds is 8. The number of halogens is 1. The summed E-state index contributed by atoms with van der Waals surface area (Å²) in [6.07, 6.45) is 8.84. The molecule has 39 heavy (non-hydrogen) atoms. The Morgan fingerprint density at radius 3 is 2.82 bits per heavy atom. The molecule has 4 aliphatic rings. The predicted molar refractivity (Wildman–Crippen MR) is 147 cm³/mol. The van der Waals surface area contributed by atoms with E-state index in [-0.39, 0.29) is 41.4 Å². The number of methoxy groups -OCH3 is 1. The van der Waals surface area contributed by atoms with Crippen LogP contribution in [0.25, 0.3) is 0 Å². The van der Waals surface area contributed by atoms with E-state index < -0.39 is 18.1 Å². The second-order valence-electron chi connectivity index (χ2n) is 12.3. The second-order valence-corrected chi connectivity index (χ2v) is 13.2. The fourth-order valence-corrected chi connectivity index (χ4v) is 8.38. The van der Waals surface area contributed by atoms with E-state index in [4.69, 9.17) is 14.2 Å². The lowest BCUT2D eigenvalue weighted by molar-refractivity contribution is -0.153. The third-order valence-corrected chi connectivity index (χ3v) is 10.6. The van der Waals surface area contributed by atoms with Gasteiger partial charge in [0.15, 0.2) is 5.13 Å². The topological polar surface area (TPSA) is 98.8 Å². The second kappa shape index (κ2) is 12.9. The fraction of sp³-hybridized carbons (Fsp3) is 0.828. The molecule has 9 atom stereocenters. The molecule has 2 saturated heterocycles. The Balaban J connectivity index is 1.33. The van der Waals surface area contributed by atoms with Gasteiger partial charge in [-0.05, 0) is 94.9 Å². The molecule has 218 valence electrons. The van der Waals surface area contributed by atoms with Crippen LogP contribution < -0.4 is 10.6 Å². The Morgan fingerprint density at radius 2 is 2.08 bits per heavy atom. The third kappa shape index (κ3) is 6.82. The Bertz CT molecular complexity index is 961. The quantitative estimate of drug-likeness (QED) is 0.439.